The van der Waals surface area contributed by atoms with E-state index in [-0.39, 0.29) is 12.0 Å². The number of ether oxygens (including phenoxy) is 1. The van der Waals surface area contributed by atoms with Crippen molar-refractivity contribution in [2.45, 2.75) is 39.2 Å². The number of hydrogen-bond donors (Lipinski definition) is 2. The van der Waals surface area contributed by atoms with Gasteiger partial charge in [0.1, 0.15) is 5.69 Å². The summed E-state index contributed by atoms with van der Waals surface area (Å²) in [5, 5.41) is 5.73. The fourth-order valence-electron chi connectivity index (χ4n) is 2.79. The zero-order valence-corrected chi connectivity index (χ0v) is 13.6. The zero-order chi connectivity index (χ0) is 15.2. The summed E-state index contributed by atoms with van der Waals surface area (Å²) >= 11 is 1.49. The van der Waals surface area contributed by atoms with Gasteiger partial charge in [-0.1, -0.05) is 13.8 Å². The third kappa shape index (κ3) is 4.49. The molecule has 2 rings (SSSR count). The molecule has 0 radical (unpaired) electrons. The summed E-state index contributed by atoms with van der Waals surface area (Å²) in [6.45, 7) is 6.39. The fourth-order valence-corrected chi connectivity index (χ4v) is 3.58. The molecule has 1 aromatic heterocycles. The van der Waals surface area contributed by atoms with Gasteiger partial charge >= 0.3 is 0 Å². The van der Waals surface area contributed by atoms with E-state index in [0.717, 1.165) is 30.9 Å². The van der Waals surface area contributed by atoms with E-state index >= 15 is 0 Å². The number of carbonyl (C=O) groups excluding carboxylic acids is 1. The number of rotatable bonds is 6. The number of nitrogens with one attached hydrogen (secondary N) is 1. The summed E-state index contributed by atoms with van der Waals surface area (Å²) in [7, 11) is 0. The van der Waals surface area contributed by atoms with Crippen LogP contribution < -0.4 is 11.1 Å². The third-order valence-electron chi connectivity index (χ3n) is 3.82. The standard InChI is InChI=1S/C15H25N3O2S/c1-10(2)14-11(4-3-7-20-14)8-17-15(19)12-9-21-13(18-12)5-6-16/h9-11,14H,3-8,16H2,1-2H3,(H,17,19). The predicted molar refractivity (Wildman–Crippen MR) is 84.5 cm³/mol. The van der Waals surface area contributed by atoms with Gasteiger partial charge in [-0.3, -0.25) is 4.79 Å². The van der Waals surface area contributed by atoms with Crippen LogP contribution in [0.4, 0.5) is 0 Å². The Morgan fingerprint density at radius 3 is 3.14 bits per heavy atom. The Bertz CT molecular complexity index is 462. The molecule has 1 aliphatic heterocycles. The van der Waals surface area contributed by atoms with E-state index in [9.17, 15) is 4.79 Å². The van der Waals surface area contributed by atoms with E-state index in [0.29, 0.717) is 30.6 Å². The number of hydrogen-bond acceptors (Lipinski definition) is 5. The maximum Gasteiger partial charge on any atom is 0.270 e. The number of nitrogens with zero attached hydrogens (tertiary/aromatic N) is 1. The first-order chi connectivity index (χ1) is 10.1. The fraction of sp³-hybridized carbons (Fsp3) is 0.733. The van der Waals surface area contributed by atoms with Crippen LogP contribution in [0.3, 0.4) is 0 Å². The summed E-state index contributed by atoms with van der Waals surface area (Å²) < 4.78 is 5.85. The van der Waals surface area contributed by atoms with Gasteiger partial charge in [0, 0.05) is 30.9 Å². The maximum absolute atomic E-state index is 12.1. The second-order valence-corrected chi connectivity index (χ2v) is 6.80. The van der Waals surface area contributed by atoms with Crippen molar-refractivity contribution in [2.24, 2.45) is 17.6 Å². The van der Waals surface area contributed by atoms with Crippen molar-refractivity contribution in [3.63, 3.8) is 0 Å². The van der Waals surface area contributed by atoms with Gasteiger partial charge in [-0.2, -0.15) is 0 Å². The highest BCUT2D eigenvalue weighted by Gasteiger charge is 2.28. The van der Waals surface area contributed by atoms with Crippen LogP contribution in [0, 0.1) is 11.8 Å². The molecule has 6 heteroatoms. The molecular formula is C15H25N3O2S. The topological polar surface area (TPSA) is 77.2 Å². The SMILES string of the molecule is CC(C)C1OCCCC1CNC(=O)c1csc(CCN)n1. The van der Waals surface area contributed by atoms with Gasteiger partial charge in [0.05, 0.1) is 11.1 Å². The van der Waals surface area contributed by atoms with Gasteiger partial charge in [-0.05, 0) is 25.3 Å². The monoisotopic (exact) mass is 311 g/mol. The lowest BCUT2D eigenvalue weighted by atomic mass is 9.87. The summed E-state index contributed by atoms with van der Waals surface area (Å²) in [4.78, 5) is 16.5. The molecule has 1 aromatic rings. The molecule has 0 aromatic carbocycles. The van der Waals surface area contributed by atoms with Gasteiger partial charge in [0.2, 0.25) is 0 Å². The van der Waals surface area contributed by atoms with Crippen molar-refractivity contribution in [3.8, 4) is 0 Å². The number of amides is 1. The molecule has 2 unspecified atom stereocenters. The summed E-state index contributed by atoms with van der Waals surface area (Å²) in [6.07, 6.45) is 3.14. The third-order valence-corrected chi connectivity index (χ3v) is 4.73. The van der Waals surface area contributed by atoms with Crippen molar-refractivity contribution >= 4 is 17.2 Å². The molecule has 21 heavy (non-hydrogen) atoms. The van der Waals surface area contributed by atoms with Gasteiger partial charge in [0.25, 0.3) is 5.91 Å². The van der Waals surface area contributed by atoms with E-state index in [2.05, 4.69) is 24.1 Å². The van der Waals surface area contributed by atoms with Crippen LogP contribution in [0.1, 0.15) is 42.2 Å². The van der Waals surface area contributed by atoms with Crippen LogP contribution in [-0.4, -0.2) is 36.7 Å². The highest BCUT2D eigenvalue weighted by molar-refractivity contribution is 7.09. The smallest absolute Gasteiger partial charge is 0.270 e. The van der Waals surface area contributed by atoms with Crippen LogP contribution in [0.25, 0.3) is 0 Å². The van der Waals surface area contributed by atoms with Crippen molar-refractivity contribution in [3.05, 3.63) is 16.1 Å². The van der Waals surface area contributed by atoms with Gasteiger partial charge < -0.3 is 15.8 Å². The number of carbonyl (C=O) groups is 1. The summed E-state index contributed by atoms with van der Waals surface area (Å²) in [5.74, 6) is 0.773. The largest absolute Gasteiger partial charge is 0.378 e. The minimum atomic E-state index is -0.0948. The first-order valence-electron chi connectivity index (χ1n) is 7.66. The van der Waals surface area contributed by atoms with Gasteiger partial charge in [-0.25, -0.2) is 4.98 Å². The second kappa shape index (κ2) is 7.87. The molecule has 118 valence electrons. The van der Waals surface area contributed by atoms with Crippen LogP contribution in [-0.2, 0) is 11.2 Å². The summed E-state index contributed by atoms with van der Waals surface area (Å²) in [5.41, 5.74) is 6.00. The normalized spacial score (nSPS) is 22.5. The lowest BCUT2D eigenvalue weighted by molar-refractivity contribution is -0.0510. The van der Waals surface area contributed by atoms with Gasteiger partial charge in [0.15, 0.2) is 0 Å². The molecule has 2 heterocycles. The predicted octanol–water partition coefficient (Wildman–Crippen LogP) is 1.83. The van der Waals surface area contributed by atoms with Crippen molar-refractivity contribution in [1.29, 1.82) is 0 Å². The molecule has 1 fully saturated rings. The molecule has 3 N–H and O–H groups in total. The Hall–Kier alpha value is -0.980. The van der Waals surface area contributed by atoms with E-state index in [4.69, 9.17) is 10.5 Å². The van der Waals surface area contributed by atoms with Crippen molar-refractivity contribution in [2.75, 3.05) is 19.7 Å². The minimum absolute atomic E-state index is 0.0948. The molecule has 0 saturated carbocycles. The number of thiazole rings is 1. The number of aromatic nitrogens is 1. The van der Waals surface area contributed by atoms with E-state index in [1.54, 1.807) is 5.38 Å². The van der Waals surface area contributed by atoms with Gasteiger partial charge in [-0.15, -0.1) is 11.3 Å². The number of nitrogens with two attached hydrogens (primary N) is 1. The quantitative estimate of drug-likeness (QED) is 0.840. The lowest BCUT2D eigenvalue weighted by Gasteiger charge is -2.34. The van der Waals surface area contributed by atoms with Crippen molar-refractivity contribution in [1.82, 2.24) is 10.3 Å². The lowest BCUT2D eigenvalue weighted by Crippen LogP contribution is -2.41. The van der Waals surface area contributed by atoms with E-state index in [1.807, 2.05) is 0 Å². The van der Waals surface area contributed by atoms with Crippen LogP contribution >= 0.6 is 11.3 Å². The highest BCUT2D eigenvalue weighted by Crippen LogP contribution is 2.25. The molecular weight excluding hydrogens is 286 g/mol. The first kappa shape index (κ1) is 16.4. The van der Waals surface area contributed by atoms with E-state index < -0.39 is 0 Å². The zero-order valence-electron chi connectivity index (χ0n) is 12.8. The Labute approximate surface area is 130 Å². The molecule has 0 aliphatic carbocycles. The molecule has 2 atom stereocenters. The molecule has 0 bridgehead atoms. The Morgan fingerprint density at radius 2 is 2.43 bits per heavy atom. The minimum Gasteiger partial charge on any atom is -0.378 e. The summed E-state index contributed by atoms with van der Waals surface area (Å²) in [6, 6.07) is 0. The Balaban J connectivity index is 1.87. The highest BCUT2D eigenvalue weighted by atomic mass is 32.1. The molecule has 5 nitrogen and oxygen atoms in total. The average molecular weight is 311 g/mol. The molecule has 1 saturated heterocycles. The second-order valence-electron chi connectivity index (χ2n) is 5.86. The van der Waals surface area contributed by atoms with Crippen LogP contribution in [0.2, 0.25) is 0 Å². The van der Waals surface area contributed by atoms with Crippen LogP contribution in [0.5, 0.6) is 0 Å². The Kier molecular flexibility index (Phi) is 6.14. The Morgan fingerprint density at radius 1 is 1.62 bits per heavy atom. The first-order valence-corrected chi connectivity index (χ1v) is 8.54. The van der Waals surface area contributed by atoms with Crippen LogP contribution in [0.15, 0.2) is 5.38 Å². The van der Waals surface area contributed by atoms with Crippen molar-refractivity contribution < 1.29 is 9.53 Å². The van der Waals surface area contributed by atoms with E-state index in [1.165, 1.54) is 11.3 Å². The average Bonchev–Trinajstić information content (AvgIpc) is 2.94. The molecule has 1 amide bonds. The molecule has 0 spiro atoms. The molecule has 1 aliphatic rings. The maximum atomic E-state index is 12.1.